The molecule has 18 heavy (non-hydrogen) atoms. The molecule has 0 aliphatic rings. The van der Waals surface area contributed by atoms with Crippen molar-refractivity contribution in [3.8, 4) is 0 Å². The van der Waals surface area contributed by atoms with Gasteiger partial charge in [-0.25, -0.2) is 9.97 Å². The molecule has 3 aromatic rings. The fraction of sp³-hybridized carbons (Fsp3) is 0.167. The van der Waals surface area contributed by atoms with E-state index in [4.69, 9.17) is 16.0 Å². The molecule has 0 aromatic carbocycles. The summed E-state index contributed by atoms with van der Waals surface area (Å²) in [5.74, 6) is 1.67. The number of thioether (sulfide) groups is 1. The number of nitrogens with zero attached hydrogens (tertiary/aromatic N) is 2. The SMILES string of the molecule is Cc1cc2c(SCc3ccco3)nc(Cl)nc2s1. The van der Waals surface area contributed by atoms with Crippen LogP contribution in [0.5, 0.6) is 0 Å². The van der Waals surface area contributed by atoms with E-state index in [0.717, 1.165) is 26.8 Å². The first-order valence-electron chi connectivity index (χ1n) is 5.31. The van der Waals surface area contributed by atoms with Crippen LogP contribution in [0, 0.1) is 6.92 Å². The van der Waals surface area contributed by atoms with Crippen LogP contribution in [-0.2, 0) is 5.75 Å². The monoisotopic (exact) mass is 296 g/mol. The second-order valence-electron chi connectivity index (χ2n) is 3.74. The van der Waals surface area contributed by atoms with Crippen molar-refractivity contribution in [2.75, 3.05) is 0 Å². The zero-order valence-electron chi connectivity index (χ0n) is 9.51. The molecule has 0 amide bonds. The van der Waals surface area contributed by atoms with E-state index in [-0.39, 0.29) is 0 Å². The van der Waals surface area contributed by atoms with Crippen LogP contribution in [0.4, 0.5) is 0 Å². The molecule has 0 fully saturated rings. The van der Waals surface area contributed by atoms with Crippen LogP contribution in [0.3, 0.4) is 0 Å². The Hall–Kier alpha value is -1.04. The van der Waals surface area contributed by atoms with Gasteiger partial charge in [0.25, 0.3) is 0 Å². The molecule has 3 aromatic heterocycles. The van der Waals surface area contributed by atoms with E-state index < -0.39 is 0 Å². The predicted octanol–water partition coefficient (Wildman–Crippen LogP) is 4.54. The Morgan fingerprint density at radius 2 is 2.33 bits per heavy atom. The van der Waals surface area contributed by atoms with Gasteiger partial charge in [0.15, 0.2) is 0 Å². The molecule has 0 bridgehead atoms. The van der Waals surface area contributed by atoms with Crippen molar-refractivity contribution in [1.82, 2.24) is 9.97 Å². The summed E-state index contributed by atoms with van der Waals surface area (Å²) in [5.41, 5.74) is 0. The molecule has 0 spiro atoms. The van der Waals surface area contributed by atoms with Gasteiger partial charge >= 0.3 is 0 Å². The third kappa shape index (κ3) is 2.39. The molecule has 0 atom stereocenters. The van der Waals surface area contributed by atoms with Crippen molar-refractivity contribution >= 4 is 44.9 Å². The van der Waals surface area contributed by atoms with E-state index in [0.29, 0.717) is 5.28 Å². The summed E-state index contributed by atoms with van der Waals surface area (Å²) in [6.07, 6.45) is 1.67. The van der Waals surface area contributed by atoms with Gasteiger partial charge in [-0.15, -0.1) is 11.3 Å². The van der Waals surface area contributed by atoms with Gasteiger partial charge in [0, 0.05) is 10.3 Å². The summed E-state index contributed by atoms with van der Waals surface area (Å²) < 4.78 is 5.31. The highest BCUT2D eigenvalue weighted by molar-refractivity contribution is 7.98. The zero-order valence-corrected chi connectivity index (χ0v) is 11.9. The number of hydrogen-bond acceptors (Lipinski definition) is 5. The Kier molecular flexibility index (Phi) is 3.28. The summed E-state index contributed by atoms with van der Waals surface area (Å²) in [6.45, 7) is 2.06. The van der Waals surface area contributed by atoms with Crippen molar-refractivity contribution in [3.63, 3.8) is 0 Å². The van der Waals surface area contributed by atoms with Crippen LogP contribution < -0.4 is 0 Å². The number of fused-ring (bicyclic) bond motifs is 1. The standard InChI is InChI=1S/C12H9ClN2OS2/c1-7-5-9-10(14-12(13)15-11(9)18-7)17-6-8-3-2-4-16-8/h2-5H,6H2,1H3. The van der Waals surface area contributed by atoms with E-state index in [1.54, 1.807) is 29.4 Å². The zero-order chi connectivity index (χ0) is 12.5. The smallest absolute Gasteiger partial charge is 0.224 e. The summed E-state index contributed by atoms with van der Waals surface area (Å²) in [7, 11) is 0. The molecule has 3 nitrogen and oxygen atoms in total. The summed E-state index contributed by atoms with van der Waals surface area (Å²) in [6, 6.07) is 5.93. The van der Waals surface area contributed by atoms with E-state index in [9.17, 15) is 0 Å². The van der Waals surface area contributed by atoms with Crippen LogP contribution in [0.15, 0.2) is 33.9 Å². The van der Waals surface area contributed by atoms with Crippen LogP contribution >= 0.6 is 34.7 Å². The fourth-order valence-electron chi connectivity index (χ4n) is 1.64. The Balaban J connectivity index is 1.95. The molecule has 0 unspecified atom stereocenters. The topological polar surface area (TPSA) is 38.9 Å². The number of aromatic nitrogens is 2. The minimum Gasteiger partial charge on any atom is -0.468 e. The molecule has 0 N–H and O–H groups in total. The Labute approximate surface area is 117 Å². The van der Waals surface area contributed by atoms with Crippen molar-refractivity contribution in [2.24, 2.45) is 0 Å². The molecule has 0 aliphatic carbocycles. The summed E-state index contributed by atoms with van der Waals surface area (Å²) >= 11 is 9.19. The van der Waals surface area contributed by atoms with Gasteiger partial charge in [0.05, 0.1) is 12.0 Å². The van der Waals surface area contributed by atoms with Gasteiger partial charge < -0.3 is 4.42 Å². The van der Waals surface area contributed by atoms with Gasteiger partial charge in [-0.2, -0.15) is 0 Å². The van der Waals surface area contributed by atoms with Gasteiger partial charge in [-0.3, -0.25) is 0 Å². The average Bonchev–Trinajstić information content (AvgIpc) is 2.93. The highest BCUT2D eigenvalue weighted by Gasteiger charge is 2.10. The normalized spacial score (nSPS) is 11.2. The van der Waals surface area contributed by atoms with E-state index in [1.165, 1.54) is 4.88 Å². The van der Waals surface area contributed by atoms with Gasteiger partial charge in [-0.05, 0) is 36.7 Å². The third-order valence-corrected chi connectivity index (χ3v) is 4.51. The lowest BCUT2D eigenvalue weighted by atomic mass is 10.4. The van der Waals surface area contributed by atoms with E-state index in [2.05, 4.69) is 23.0 Å². The molecule has 92 valence electrons. The highest BCUT2D eigenvalue weighted by Crippen LogP contribution is 2.33. The van der Waals surface area contributed by atoms with Crippen LogP contribution in [0.25, 0.3) is 10.2 Å². The summed E-state index contributed by atoms with van der Waals surface area (Å²) in [5, 5.41) is 2.27. The Bertz CT molecular complexity index is 679. The third-order valence-electron chi connectivity index (χ3n) is 2.38. The van der Waals surface area contributed by atoms with Crippen molar-refractivity contribution in [1.29, 1.82) is 0 Å². The number of aryl methyl sites for hydroxylation is 1. The first-order chi connectivity index (χ1) is 8.72. The van der Waals surface area contributed by atoms with Crippen LogP contribution in [0.1, 0.15) is 10.6 Å². The number of rotatable bonds is 3. The maximum atomic E-state index is 5.94. The van der Waals surface area contributed by atoms with Crippen LogP contribution in [0.2, 0.25) is 5.28 Å². The molecule has 3 rings (SSSR count). The lowest BCUT2D eigenvalue weighted by Crippen LogP contribution is -1.87. The lowest BCUT2D eigenvalue weighted by Gasteiger charge is -2.01. The van der Waals surface area contributed by atoms with Crippen LogP contribution in [-0.4, -0.2) is 9.97 Å². The largest absolute Gasteiger partial charge is 0.468 e. The quantitative estimate of drug-likeness (QED) is 0.404. The minimum atomic E-state index is 0.297. The Morgan fingerprint density at radius 3 is 3.11 bits per heavy atom. The molecule has 0 saturated heterocycles. The Morgan fingerprint density at radius 1 is 1.44 bits per heavy atom. The minimum absolute atomic E-state index is 0.297. The van der Waals surface area contributed by atoms with Gasteiger partial charge in [0.2, 0.25) is 5.28 Å². The highest BCUT2D eigenvalue weighted by atomic mass is 35.5. The van der Waals surface area contributed by atoms with Gasteiger partial charge in [0.1, 0.15) is 15.6 Å². The number of hydrogen-bond donors (Lipinski definition) is 0. The summed E-state index contributed by atoms with van der Waals surface area (Å²) in [4.78, 5) is 10.7. The lowest BCUT2D eigenvalue weighted by molar-refractivity contribution is 0.530. The van der Waals surface area contributed by atoms with Crippen molar-refractivity contribution in [3.05, 3.63) is 40.4 Å². The maximum Gasteiger partial charge on any atom is 0.224 e. The molecule has 3 heterocycles. The van der Waals surface area contributed by atoms with E-state index >= 15 is 0 Å². The molecule has 0 saturated carbocycles. The molecular formula is C12H9ClN2OS2. The van der Waals surface area contributed by atoms with Gasteiger partial charge in [-0.1, -0.05) is 11.8 Å². The molecular weight excluding hydrogens is 288 g/mol. The second kappa shape index (κ2) is 4.91. The van der Waals surface area contributed by atoms with Crippen molar-refractivity contribution < 1.29 is 4.42 Å². The van der Waals surface area contributed by atoms with Crippen molar-refractivity contribution in [2.45, 2.75) is 17.7 Å². The average molecular weight is 297 g/mol. The maximum absolute atomic E-state index is 5.94. The fourth-order valence-corrected chi connectivity index (χ4v) is 3.75. The first kappa shape index (κ1) is 12.0. The number of furan rings is 1. The second-order valence-corrected chi connectivity index (χ2v) is 6.28. The molecule has 0 radical (unpaired) electrons. The molecule has 0 aliphatic heterocycles. The van der Waals surface area contributed by atoms with E-state index in [1.807, 2.05) is 12.1 Å². The number of thiophene rings is 1. The first-order valence-corrected chi connectivity index (χ1v) is 7.49. The predicted molar refractivity (Wildman–Crippen MR) is 75.4 cm³/mol. The number of halogens is 1. The molecule has 6 heteroatoms.